The van der Waals surface area contributed by atoms with Crippen molar-refractivity contribution in [3.8, 4) is 45.6 Å². The van der Waals surface area contributed by atoms with E-state index >= 15 is 0 Å². The molecule has 24 rings (SSSR count). The number of likely N-dealkylation sites (tertiary alicyclic amines) is 8. The number of benzene rings is 4. The number of amides is 4. The van der Waals surface area contributed by atoms with Crippen LogP contribution in [0.1, 0.15) is 114 Å². The lowest BCUT2D eigenvalue weighted by Crippen LogP contribution is -2.57. The Bertz CT molecular complexity index is 7060. The van der Waals surface area contributed by atoms with E-state index in [0.29, 0.717) is 58.0 Å². The summed E-state index contributed by atoms with van der Waals surface area (Å²) < 4.78 is 0. The molecule has 20 heterocycles. The van der Waals surface area contributed by atoms with Gasteiger partial charge in [0.2, 0.25) is 23.8 Å². The first kappa shape index (κ1) is 89.4. The summed E-state index contributed by atoms with van der Waals surface area (Å²) in [5.41, 5.74) is 16.8. The summed E-state index contributed by atoms with van der Waals surface area (Å²) >= 11 is 0. The van der Waals surface area contributed by atoms with E-state index in [9.17, 15) is 19.2 Å². The lowest BCUT2D eigenvalue weighted by molar-refractivity contribution is 0.0130. The number of carbonyl (C=O) groups excluding carboxylic acids is 4. The number of rotatable bonds is 19. The van der Waals surface area contributed by atoms with E-state index < -0.39 is 0 Å². The monoisotopic (exact) mass is 1840 g/mol. The number of hydrogen-bond acceptors (Lipinski definition) is 24. The van der Waals surface area contributed by atoms with Gasteiger partial charge in [-0.1, -0.05) is 38.1 Å². The standard InChI is InChI=1S/2C27H29N7O.2C26H27N7O/c1-2-33-13-9-27(17-33)10-14-34(18-27)25(35)24-16-19-15-20(6-7-21(19)31-24)30-26-29-12-8-23(32-26)22-5-3-4-11-28-22;35-26(34-15-9-21(10-16-34)33-13-3-4-14-33)25-18-19-17-20(6-7-22(19)31-25)30-27-29-12-8-24(32-27)23-5-1-2-11-28-23;1-32-12-8-26(16-32)9-13-33(17-26)24(34)23-15-18-14-19(5-6-20(18)30-23)29-25-28-11-7-22(31-25)21-4-2-3-10-27-21;1-2-32-15-26(16-32)9-12-33(17-26)24(34)23-14-18-13-19(6-7-20(18)30-23)29-25-28-11-8-22(31-25)21-5-3-4-10-27-21/h3-8,11-12,15-16,31H,2,9-10,13-14,17-18H2,1H3,(H,29,30,32);1-2,5-8,11-12,17-18,21,31H,3-4,9-10,13-16H2,(H,29,30,32);2-7,10-11,14-15,30H,8-9,12-13,16-17H2,1H3,(H,28,29,31);3-8,10-11,13-14,30H,2,9,12,15-17H2,1H3,(H,28,29,31). The van der Waals surface area contributed by atoms with Crippen molar-refractivity contribution in [2.75, 3.05) is 146 Å². The van der Waals surface area contributed by atoms with Crippen LogP contribution in [0, 0.1) is 16.2 Å². The molecule has 32 nitrogen and oxygen atoms in total. The summed E-state index contributed by atoms with van der Waals surface area (Å²) in [7, 11) is 2.17. The van der Waals surface area contributed by atoms with Gasteiger partial charge in [-0.25, -0.2) is 39.9 Å². The summed E-state index contributed by atoms with van der Waals surface area (Å²) in [6, 6.07) is 62.6. The summed E-state index contributed by atoms with van der Waals surface area (Å²) in [5, 5.41) is 17.0. The maximum atomic E-state index is 13.3. The molecule has 700 valence electrons. The number of hydrogen-bond donors (Lipinski definition) is 8. The number of anilines is 8. The molecule has 0 radical (unpaired) electrons. The van der Waals surface area contributed by atoms with Crippen LogP contribution in [0.5, 0.6) is 0 Å². The van der Waals surface area contributed by atoms with Crippen LogP contribution in [-0.4, -0.2) is 273 Å². The molecule has 0 saturated carbocycles. The fraction of sp³-hybridized carbons (Fsp3) is 0.321. The third-order valence-electron chi connectivity index (χ3n) is 28.5. The number of nitrogens with one attached hydrogen (secondary N) is 8. The predicted molar refractivity (Wildman–Crippen MR) is 537 cm³/mol. The van der Waals surface area contributed by atoms with Crippen LogP contribution in [0.4, 0.5) is 46.5 Å². The summed E-state index contributed by atoms with van der Waals surface area (Å²) in [6.45, 7) is 22.4. The van der Waals surface area contributed by atoms with E-state index in [-0.39, 0.29) is 34.5 Å². The van der Waals surface area contributed by atoms with E-state index in [2.05, 4.69) is 142 Å². The van der Waals surface area contributed by atoms with Crippen molar-refractivity contribution in [1.82, 2.24) is 119 Å². The molecule has 138 heavy (non-hydrogen) atoms. The number of H-pyrrole nitrogens is 4. The Balaban J connectivity index is 0.000000110. The number of aromatic amines is 4. The number of aromatic nitrogens is 16. The average Bonchev–Trinajstić information content (AvgIpc) is 1.59. The Kier molecular flexibility index (Phi) is 25.5. The molecule has 2 unspecified atom stereocenters. The second kappa shape index (κ2) is 39.3. The third-order valence-corrected chi connectivity index (χ3v) is 28.5. The molecular formula is C106H112N28O4. The molecule has 8 aliphatic heterocycles. The van der Waals surface area contributed by atoms with Crippen molar-refractivity contribution in [2.45, 2.75) is 77.7 Å². The molecule has 0 bridgehead atoms. The van der Waals surface area contributed by atoms with Gasteiger partial charge in [0.1, 0.15) is 22.8 Å². The molecule has 2 atom stereocenters. The zero-order valence-electron chi connectivity index (χ0n) is 77.8. The summed E-state index contributed by atoms with van der Waals surface area (Å²) in [6.07, 6.45) is 24.3. The van der Waals surface area contributed by atoms with Gasteiger partial charge in [0.25, 0.3) is 23.6 Å². The second-order valence-electron chi connectivity index (χ2n) is 38.0. The predicted octanol–water partition coefficient (Wildman–Crippen LogP) is 16.6. The van der Waals surface area contributed by atoms with Gasteiger partial charge in [-0.05, 0) is 274 Å². The molecule has 16 aromatic rings. The topological polar surface area (TPSA) is 360 Å². The van der Waals surface area contributed by atoms with Crippen LogP contribution in [0.15, 0.2) is 244 Å². The molecule has 8 fully saturated rings. The van der Waals surface area contributed by atoms with Gasteiger partial charge in [0.15, 0.2) is 0 Å². The van der Waals surface area contributed by atoms with E-state index in [1.165, 1.54) is 38.8 Å². The number of fused-ring (bicyclic) bond motifs is 4. The smallest absolute Gasteiger partial charge is 0.270 e. The van der Waals surface area contributed by atoms with Gasteiger partial charge in [-0.2, -0.15) is 0 Å². The van der Waals surface area contributed by atoms with Crippen LogP contribution in [-0.2, 0) is 0 Å². The Morgan fingerprint density at radius 1 is 0.312 bits per heavy atom. The molecule has 4 amide bonds. The quantitative estimate of drug-likeness (QED) is 0.0373. The van der Waals surface area contributed by atoms with Crippen LogP contribution in [0.25, 0.3) is 89.2 Å². The Morgan fingerprint density at radius 2 is 0.630 bits per heavy atom. The number of nitrogens with zero attached hydrogens (tertiary/aromatic N) is 20. The van der Waals surface area contributed by atoms with Crippen molar-refractivity contribution in [3.63, 3.8) is 0 Å². The molecule has 8 N–H and O–H groups in total. The van der Waals surface area contributed by atoms with Crippen LogP contribution in [0.3, 0.4) is 0 Å². The molecule has 12 aromatic heterocycles. The van der Waals surface area contributed by atoms with Crippen molar-refractivity contribution < 1.29 is 19.2 Å². The molecular weight excluding hydrogens is 1730 g/mol. The highest BCUT2D eigenvalue weighted by Crippen LogP contribution is 2.44. The fourth-order valence-electron chi connectivity index (χ4n) is 21.2. The highest BCUT2D eigenvalue weighted by atomic mass is 16.2. The van der Waals surface area contributed by atoms with Gasteiger partial charge in [-0.3, -0.25) is 39.1 Å². The SMILES string of the molecule is CCN1CC2(CCN(C(=O)c3cc4cc(Nc5nccc(-c6ccccn6)n5)ccc4[nH]3)C2)C1.CCN1CCC2(CCN(C(=O)c3cc4cc(Nc5nccc(-c6ccccn6)n5)ccc4[nH]3)C2)C1.CN1CCC2(CCN(C(=O)c3cc4cc(Nc5nccc(-c6ccccn6)n5)ccc4[nH]3)C2)C1.O=C(c1cc2cc(Nc3nccc(-c4ccccn4)n3)ccc2[nH]1)N1CCC(N2CCCC2)CC1. The van der Waals surface area contributed by atoms with Crippen LogP contribution in [0.2, 0.25) is 0 Å². The van der Waals surface area contributed by atoms with Gasteiger partial charge >= 0.3 is 0 Å². The Hall–Kier alpha value is -15.1. The maximum absolute atomic E-state index is 13.3. The van der Waals surface area contributed by atoms with Gasteiger partial charge in [-0.15, -0.1) is 0 Å². The van der Waals surface area contributed by atoms with Crippen molar-refractivity contribution >= 4 is 114 Å². The Labute approximate surface area is 799 Å². The number of carbonyl (C=O) groups is 4. The average molecular weight is 1840 g/mol. The summed E-state index contributed by atoms with van der Waals surface area (Å²) in [4.78, 5) is 137. The largest absolute Gasteiger partial charge is 0.351 e. The molecule has 0 aliphatic carbocycles. The molecule has 8 saturated heterocycles. The highest BCUT2D eigenvalue weighted by molar-refractivity contribution is 6.02. The minimum atomic E-state index is 0.0852. The van der Waals surface area contributed by atoms with E-state index in [4.69, 9.17) is 0 Å². The lowest BCUT2D eigenvalue weighted by Gasteiger charge is -2.47. The number of piperidine rings is 1. The lowest BCUT2D eigenvalue weighted by atomic mass is 9.79. The van der Waals surface area contributed by atoms with Gasteiger partial charge in [0, 0.05) is 217 Å². The molecule has 32 heteroatoms. The first-order valence-corrected chi connectivity index (χ1v) is 48.1. The van der Waals surface area contributed by atoms with Crippen molar-refractivity contribution in [3.05, 3.63) is 266 Å². The van der Waals surface area contributed by atoms with Crippen molar-refractivity contribution in [2.24, 2.45) is 16.2 Å². The van der Waals surface area contributed by atoms with Crippen molar-refractivity contribution in [1.29, 1.82) is 0 Å². The molecule has 3 spiro atoms. The molecule has 4 aromatic carbocycles. The third kappa shape index (κ3) is 20.0. The van der Waals surface area contributed by atoms with Gasteiger partial charge < -0.3 is 80.4 Å². The van der Waals surface area contributed by atoms with Crippen LogP contribution >= 0.6 is 0 Å². The second-order valence-corrected chi connectivity index (χ2v) is 38.0. The van der Waals surface area contributed by atoms with Gasteiger partial charge in [0.05, 0.1) is 45.6 Å². The maximum Gasteiger partial charge on any atom is 0.270 e. The van der Waals surface area contributed by atoms with E-state index in [1.54, 1.807) is 49.6 Å². The normalized spacial score (nSPS) is 18.8. The summed E-state index contributed by atoms with van der Waals surface area (Å²) in [5.74, 6) is 2.35. The zero-order chi connectivity index (χ0) is 93.7. The molecule has 8 aliphatic rings. The highest BCUT2D eigenvalue weighted by Gasteiger charge is 2.49. The van der Waals surface area contributed by atoms with Crippen LogP contribution < -0.4 is 21.3 Å². The zero-order valence-corrected chi connectivity index (χ0v) is 77.8. The number of pyridine rings is 4. The van der Waals surface area contributed by atoms with E-state index in [1.807, 2.05) is 214 Å². The minimum Gasteiger partial charge on any atom is -0.351 e. The minimum absolute atomic E-state index is 0.0852. The first-order chi connectivity index (χ1) is 67.5. The Morgan fingerprint density at radius 3 is 0.957 bits per heavy atom. The first-order valence-electron chi connectivity index (χ1n) is 48.1. The fourth-order valence-corrected chi connectivity index (χ4v) is 21.2. The van der Waals surface area contributed by atoms with E-state index in [0.717, 1.165) is 249 Å².